The number of halogens is 3. The van der Waals surface area contributed by atoms with Crippen LogP contribution in [0.3, 0.4) is 0 Å². The van der Waals surface area contributed by atoms with E-state index in [4.69, 9.17) is 5.73 Å². The van der Waals surface area contributed by atoms with Crippen LogP contribution >= 0.6 is 0 Å². The van der Waals surface area contributed by atoms with Gasteiger partial charge in [-0.25, -0.2) is 8.42 Å². The summed E-state index contributed by atoms with van der Waals surface area (Å²) in [6, 6.07) is 3.64. The van der Waals surface area contributed by atoms with E-state index in [0.717, 1.165) is 6.26 Å². The highest BCUT2D eigenvalue weighted by molar-refractivity contribution is 7.90. The molecule has 0 spiro atoms. The van der Waals surface area contributed by atoms with Crippen LogP contribution < -0.4 is 10.5 Å². The van der Waals surface area contributed by atoms with Crippen LogP contribution in [0.15, 0.2) is 23.1 Å². The maximum atomic E-state index is 11.9. The van der Waals surface area contributed by atoms with Crippen LogP contribution in [0.2, 0.25) is 0 Å². The van der Waals surface area contributed by atoms with Gasteiger partial charge in [0.1, 0.15) is 5.75 Å². The fourth-order valence-electron chi connectivity index (χ4n) is 1.13. The number of rotatable bonds is 3. The second-order valence-electron chi connectivity index (χ2n) is 3.34. The molecule has 8 heteroatoms. The third kappa shape index (κ3) is 3.81. The zero-order chi connectivity index (χ0) is 13.3. The molecule has 0 aliphatic rings. The summed E-state index contributed by atoms with van der Waals surface area (Å²) in [5, 5.41) is 0. The maximum absolute atomic E-state index is 11.9. The highest BCUT2D eigenvalue weighted by Crippen LogP contribution is 2.29. The molecule has 0 aromatic heterocycles. The molecule has 17 heavy (non-hydrogen) atoms. The number of sulfone groups is 1. The molecular weight excluding hydrogens is 259 g/mol. The summed E-state index contributed by atoms with van der Waals surface area (Å²) in [5.41, 5.74) is 5.11. The van der Waals surface area contributed by atoms with Crippen molar-refractivity contribution in [1.29, 1.82) is 0 Å². The van der Waals surface area contributed by atoms with Gasteiger partial charge in [-0.2, -0.15) is 13.2 Å². The molecule has 0 unspecified atom stereocenters. The Morgan fingerprint density at radius 3 is 2.41 bits per heavy atom. The number of hydrogen-bond acceptors (Lipinski definition) is 4. The van der Waals surface area contributed by atoms with Crippen LogP contribution in [-0.2, 0) is 9.84 Å². The maximum Gasteiger partial charge on any atom is 0.422 e. The second kappa shape index (κ2) is 4.44. The van der Waals surface area contributed by atoms with Crippen LogP contribution in [0.25, 0.3) is 0 Å². The Morgan fingerprint density at radius 1 is 1.35 bits per heavy atom. The Labute approximate surface area is 96.1 Å². The minimum atomic E-state index is -4.51. The first-order valence-corrected chi connectivity index (χ1v) is 6.28. The SMILES string of the molecule is CS(=O)(=O)c1cccc(OCC(F)(F)F)c1N. The Hall–Kier alpha value is -1.44. The first kappa shape index (κ1) is 13.6. The van der Waals surface area contributed by atoms with Crippen molar-refractivity contribution in [3.63, 3.8) is 0 Å². The lowest BCUT2D eigenvalue weighted by atomic mass is 10.3. The lowest BCUT2D eigenvalue weighted by Crippen LogP contribution is -2.20. The highest BCUT2D eigenvalue weighted by Gasteiger charge is 2.29. The van der Waals surface area contributed by atoms with Gasteiger partial charge in [-0.1, -0.05) is 6.07 Å². The van der Waals surface area contributed by atoms with Crippen LogP contribution in [0, 0.1) is 0 Å². The average Bonchev–Trinajstić information content (AvgIpc) is 2.13. The van der Waals surface area contributed by atoms with Gasteiger partial charge >= 0.3 is 6.18 Å². The molecule has 0 atom stereocenters. The van der Waals surface area contributed by atoms with Gasteiger partial charge in [0.15, 0.2) is 16.4 Å². The minimum Gasteiger partial charge on any atom is -0.482 e. The summed E-state index contributed by atoms with van der Waals surface area (Å²) in [6.45, 7) is -1.52. The predicted octanol–water partition coefficient (Wildman–Crippen LogP) is 1.61. The molecule has 0 saturated carbocycles. The van der Waals surface area contributed by atoms with Crippen molar-refractivity contribution in [2.75, 3.05) is 18.6 Å². The first-order valence-electron chi connectivity index (χ1n) is 4.39. The molecule has 0 heterocycles. The van der Waals surface area contributed by atoms with E-state index >= 15 is 0 Å². The van der Waals surface area contributed by atoms with E-state index in [1.807, 2.05) is 0 Å². The summed E-state index contributed by atoms with van der Waals surface area (Å²) in [7, 11) is -3.60. The molecule has 0 saturated heterocycles. The molecule has 0 fully saturated rings. The Bertz CT molecular complexity index is 511. The van der Waals surface area contributed by atoms with Gasteiger partial charge < -0.3 is 10.5 Å². The van der Waals surface area contributed by atoms with E-state index in [2.05, 4.69) is 4.74 Å². The average molecular weight is 269 g/mol. The van der Waals surface area contributed by atoms with Gasteiger partial charge in [0.2, 0.25) is 0 Å². The van der Waals surface area contributed by atoms with Gasteiger partial charge in [-0.3, -0.25) is 0 Å². The van der Waals surface area contributed by atoms with Gasteiger partial charge in [0.25, 0.3) is 0 Å². The van der Waals surface area contributed by atoms with Crippen molar-refractivity contribution >= 4 is 15.5 Å². The van der Waals surface area contributed by atoms with Gasteiger partial charge in [0.05, 0.1) is 10.6 Å². The van der Waals surface area contributed by atoms with Gasteiger partial charge in [-0.15, -0.1) is 0 Å². The topological polar surface area (TPSA) is 69.4 Å². The van der Waals surface area contributed by atoms with Crippen LogP contribution in [0.4, 0.5) is 18.9 Å². The summed E-state index contributed by atoms with van der Waals surface area (Å²) in [6.07, 6.45) is -3.60. The fraction of sp³-hybridized carbons (Fsp3) is 0.333. The number of benzene rings is 1. The molecule has 1 rings (SSSR count). The summed E-state index contributed by atoms with van der Waals surface area (Å²) in [5.74, 6) is -0.301. The standard InChI is InChI=1S/C9H10F3NO3S/c1-17(14,15)7-4-2-3-6(8(7)13)16-5-9(10,11)12/h2-4H,5,13H2,1H3. The fourth-order valence-corrected chi connectivity index (χ4v) is 1.96. The molecule has 0 amide bonds. The summed E-state index contributed by atoms with van der Waals surface area (Å²) >= 11 is 0. The van der Waals surface area contributed by atoms with E-state index in [9.17, 15) is 21.6 Å². The van der Waals surface area contributed by atoms with Gasteiger partial charge in [0, 0.05) is 6.26 Å². The molecule has 0 bridgehead atoms. The molecular formula is C9H10F3NO3S. The van der Waals surface area contributed by atoms with Crippen molar-refractivity contribution < 1.29 is 26.3 Å². The van der Waals surface area contributed by atoms with E-state index < -0.39 is 22.6 Å². The number of para-hydroxylation sites is 1. The monoisotopic (exact) mass is 269 g/mol. The molecule has 0 aliphatic carbocycles. The first-order chi connectivity index (χ1) is 7.61. The molecule has 1 aromatic carbocycles. The number of nitrogen functional groups attached to an aromatic ring is 1. The van der Waals surface area contributed by atoms with E-state index in [1.165, 1.54) is 18.2 Å². The number of hydrogen-bond donors (Lipinski definition) is 1. The zero-order valence-electron chi connectivity index (χ0n) is 8.78. The Kier molecular flexibility index (Phi) is 3.56. The number of ether oxygens (including phenoxy) is 1. The lowest BCUT2D eigenvalue weighted by molar-refractivity contribution is -0.153. The van der Waals surface area contributed by atoms with Crippen molar-refractivity contribution in [2.45, 2.75) is 11.1 Å². The smallest absolute Gasteiger partial charge is 0.422 e. The summed E-state index contributed by atoms with van der Waals surface area (Å²) < 4.78 is 62.7. The van der Waals surface area contributed by atoms with Gasteiger partial charge in [-0.05, 0) is 12.1 Å². The molecule has 1 aromatic rings. The minimum absolute atomic E-state index is 0.253. The largest absolute Gasteiger partial charge is 0.482 e. The Balaban J connectivity index is 3.04. The van der Waals surface area contributed by atoms with Crippen LogP contribution in [-0.4, -0.2) is 27.5 Å². The third-order valence-corrected chi connectivity index (χ3v) is 2.97. The summed E-state index contributed by atoms with van der Waals surface area (Å²) in [4.78, 5) is -0.253. The molecule has 2 N–H and O–H groups in total. The highest BCUT2D eigenvalue weighted by atomic mass is 32.2. The third-order valence-electron chi connectivity index (χ3n) is 1.82. The second-order valence-corrected chi connectivity index (χ2v) is 5.33. The number of alkyl halides is 3. The Morgan fingerprint density at radius 2 is 1.94 bits per heavy atom. The quantitative estimate of drug-likeness (QED) is 0.846. The number of nitrogens with two attached hydrogens (primary N) is 1. The van der Waals surface area contributed by atoms with Crippen molar-refractivity contribution in [3.05, 3.63) is 18.2 Å². The normalized spacial score (nSPS) is 12.5. The van der Waals surface area contributed by atoms with Crippen LogP contribution in [0.1, 0.15) is 0 Å². The molecule has 96 valence electrons. The van der Waals surface area contributed by atoms with E-state index in [0.29, 0.717) is 0 Å². The molecule has 4 nitrogen and oxygen atoms in total. The van der Waals surface area contributed by atoms with Crippen molar-refractivity contribution in [3.8, 4) is 5.75 Å². The van der Waals surface area contributed by atoms with E-state index in [-0.39, 0.29) is 16.3 Å². The molecule has 0 radical (unpaired) electrons. The van der Waals surface area contributed by atoms with E-state index in [1.54, 1.807) is 0 Å². The molecule has 0 aliphatic heterocycles. The zero-order valence-corrected chi connectivity index (χ0v) is 9.60. The van der Waals surface area contributed by atoms with Crippen molar-refractivity contribution in [1.82, 2.24) is 0 Å². The van der Waals surface area contributed by atoms with Crippen molar-refractivity contribution in [2.24, 2.45) is 0 Å². The van der Waals surface area contributed by atoms with Crippen LogP contribution in [0.5, 0.6) is 5.75 Å². The predicted molar refractivity (Wildman–Crippen MR) is 55.5 cm³/mol. The number of anilines is 1. The lowest BCUT2D eigenvalue weighted by Gasteiger charge is -2.12.